The molecule has 0 bridgehead atoms. The van der Waals surface area contributed by atoms with Crippen LogP contribution in [0.25, 0.3) is 0 Å². The van der Waals surface area contributed by atoms with Gasteiger partial charge in [0.2, 0.25) is 23.6 Å². The summed E-state index contributed by atoms with van der Waals surface area (Å²) in [6, 6.07) is 15.5. The largest absolute Gasteiger partial charge is 0.450 e. The van der Waals surface area contributed by atoms with Gasteiger partial charge >= 0.3 is 5.69 Å². The van der Waals surface area contributed by atoms with Crippen molar-refractivity contribution in [1.82, 2.24) is 15.0 Å². The molecule has 0 atom stereocenters. The molecule has 1 aromatic heterocycles. The molecule has 224 valence electrons. The maximum Gasteiger partial charge on any atom is 0.318 e. The molecule has 2 heterocycles. The van der Waals surface area contributed by atoms with Gasteiger partial charge in [-0.25, -0.2) is 5.43 Å². The molecule has 0 saturated carbocycles. The normalized spacial score (nSPS) is 13.0. The van der Waals surface area contributed by atoms with Gasteiger partial charge in [-0.3, -0.25) is 30.3 Å². The van der Waals surface area contributed by atoms with Crippen LogP contribution in [0.4, 0.5) is 40.6 Å². The number of rotatable bonds is 11. The number of piperidine rings is 1. The summed E-state index contributed by atoms with van der Waals surface area (Å²) in [7, 11) is 0. The quantitative estimate of drug-likeness (QED) is 0.122. The van der Waals surface area contributed by atoms with Gasteiger partial charge in [0.25, 0.3) is 11.4 Å². The lowest BCUT2D eigenvalue weighted by atomic mass is 10.1. The summed E-state index contributed by atoms with van der Waals surface area (Å²) in [4.78, 5) is 46.9. The lowest BCUT2D eigenvalue weighted by Crippen LogP contribution is -2.31. The Hall–Kier alpha value is -6.26. The number of non-ortho nitro benzene ring substituents is 2. The monoisotopic (exact) mass is 600 g/mol. The third-order valence-corrected chi connectivity index (χ3v) is 6.41. The van der Waals surface area contributed by atoms with E-state index in [9.17, 15) is 30.3 Å². The Labute approximate surface area is 248 Å². The van der Waals surface area contributed by atoms with E-state index >= 15 is 0 Å². The fourth-order valence-electron chi connectivity index (χ4n) is 4.30. The minimum atomic E-state index is -0.755. The van der Waals surface area contributed by atoms with Crippen molar-refractivity contribution >= 4 is 46.8 Å². The lowest BCUT2D eigenvalue weighted by molar-refractivity contribution is -0.394. The Morgan fingerprint density at radius 3 is 2.20 bits per heavy atom. The summed E-state index contributed by atoms with van der Waals surface area (Å²) in [5, 5.41) is 40.7. The summed E-state index contributed by atoms with van der Waals surface area (Å²) in [5.74, 6) is 0.897. The highest BCUT2D eigenvalue weighted by molar-refractivity contribution is 5.80. The second-order valence-electron chi connectivity index (χ2n) is 9.47. The van der Waals surface area contributed by atoms with Gasteiger partial charge in [-0.1, -0.05) is 12.1 Å². The Balaban J connectivity index is 1.33. The molecule has 17 heteroatoms. The van der Waals surface area contributed by atoms with E-state index in [1.807, 2.05) is 4.90 Å². The number of hydrogen-bond donors (Lipinski definition) is 2. The second kappa shape index (κ2) is 13.1. The summed E-state index contributed by atoms with van der Waals surface area (Å²) in [6.07, 6.45) is 4.58. The minimum Gasteiger partial charge on any atom is -0.450 e. The van der Waals surface area contributed by atoms with Crippen LogP contribution in [0.1, 0.15) is 24.8 Å². The van der Waals surface area contributed by atoms with Crippen molar-refractivity contribution in [2.24, 2.45) is 5.10 Å². The van der Waals surface area contributed by atoms with E-state index < -0.39 is 26.1 Å². The number of aromatic nitrogens is 3. The zero-order chi connectivity index (χ0) is 31.1. The van der Waals surface area contributed by atoms with Crippen LogP contribution in [-0.4, -0.2) is 49.0 Å². The van der Waals surface area contributed by atoms with Crippen LogP contribution in [0.2, 0.25) is 0 Å². The van der Waals surface area contributed by atoms with Crippen LogP contribution in [0, 0.1) is 30.3 Å². The van der Waals surface area contributed by atoms with Crippen molar-refractivity contribution in [3.05, 3.63) is 103 Å². The lowest BCUT2D eigenvalue weighted by Gasteiger charge is -2.26. The van der Waals surface area contributed by atoms with Crippen LogP contribution in [0.5, 0.6) is 11.5 Å². The number of hydrogen-bond acceptors (Lipinski definition) is 14. The molecule has 0 aliphatic carbocycles. The molecule has 44 heavy (non-hydrogen) atoms. The number of nitrogens with zero attached hydrogens (tertiary/aromatic N) is 8. The van der Waals surface area contributed by atoms with Crippen molar-refractivity contribution in [2.75, 3.05) is 28.7 Å². The Morgan fingerprint density at radius 2 is 1.50 bits per heavy atom. The fourth-order valence-corrected chi connectivity index (χ4v) is 4.30. The summed E-state index contributed by atoms with van der Waals surface area (Å²) in [5.41, 5.74) is 2.89. The Morgan fingerprint density at radius 1 is 0.795 bits per heavy atom. The number of nitrogens with one attached hydrogen (secondary N) is 2. The van der Waals surface area contributed by atoms with Crippen molar-refractivity contribution in [1.29, 1.82) is 0 Å². The standard InChI is InChI=1S/C27H24N10O7/c38-35(39)20-9-7-19(8-10-20)29-25-30-26(32-27(31-25)34-13-2-1-3-14-34)33-28-17-18-5-4-6-22(15-18)44-24-12-11-21(36(40)41)16-23(24)37(42)43/h4-12,15-17H,1-3,13-14H2,(H2,29,30,31,32,33)/b28-17+. The van der Waals surface area contributed by atoms with Gasteiger partial charge in [-0.05, 0) is 55.2 Å². The average Bonchev–Trinajstić information content (AvgIpc) is 3.02. The van der Waals surface area contributed by atoms with Crippen LogP contribution in [0.15, 0.2) is 71.8 Å². The summed E-state index contributed by atoms with van der Waals surface area (Å²) >= 11 is 0. The molecule has 2 N–H and O–H groups in total. The van der Waals surface area contributed by atoms with E-state index in [4.69, 9.17) is 4.74 Å². The highest BCUT2D eigenvalue weighted by Crippen LogP contribution is 2.34. The molecule has 0 spiro atoms. The topological polar surface area (TPSA) is 217 Å². The third kappa shape index (κ3) is 7.32. The van der Waals surface area contributed by atoms with E-state index in [0.29, 0.717) is 17.2 Å². The van der Waals surface area contributed by atoms with E-state index in [1.165, 1.54) is 24.4 Å². The van der Waals surface area contributed by atoms with Crippen molar-refractivity contribution < 1.29 is 19.5 Å². The first-order valence-corrected chi connectivity index (χ1v) is 13.3. The third-order valence-electron chi connectivity index (χ3n) is 6.41. The second-order valence-corrected chi connectivity index (χ2v) is 9.47. The molecule has 17 nitrogen and oxygen atoms in total. The number of ether oxygens (including phenoxy) is 1. The zero-order valence-electron chi connectivity index (χ0n) is 22.9. The average molecular weight is 601 g/mol. The van der Waals surface area contributed by atoms with Gasteiger partial charge < -0.3 is 15.0 Å². The number of anilines is 4. The molecule has 1 aliphatic heterocycles. The van der Waals surface area contributed by atoms with Crippen LogP contribution in [-0.2, 0) is 0 Å². The first-order chi connectivity index (χ1) is 21.2. The number of nitro groups is 3. The molecule has 0 radical (unpaired) electrons. The van der Waals surface area contributed by atoms with Crippen LogP contribution >= 0.6 is 0 Å². The first-order valence-electron chi connectivity index (χ1n) is 13.3. The van der Waals surface area contributed by atoms with Crippen molar-refractivity contribution in [2.45, 2.75) is 19.3 Å². The highest BCUT2D eigenvalue weighted by Gasteiger charge is 2.21. The Bertz CT molecular complexity index is 1730. The van der Waals surface area contributed by atoms with Gasteiger partial charge in [-0.2, -0.15) is 20.1 Å². The predicted molar refractivity (Wildman–Crippen MR) is 160 cm³/mol. The molecule has 0 amide bonds. The first kappa shape index (κ1) is 29.2. The molecule has 4 aromatic rings. The number of benzene rings is 3. The van der Waals surface area contributed by atoms with Crippen LogP contribution in [0.3, 0.4) is 0 Å². The zero-order valence-corrected chi connectivity index (χ0v) is 22.9. The molecular formula is C27H24N10O7. The van der Waals surface area contributed by atoms with Gasteiger partial charge in [-0.15, -0.1) is 0 Å². The maximum atomic E-state index is 11.4. The highest BCUT2D eigenvalue weighted by atomic mass is 16.6. The molecule has 1 fully saturated rings. The van der Waals surface area contributed by atoms with Crippen molar-refractivity contribution in [3.8, 4) is 11.5 Å². The van der Waals surface area contributed by atoms with E-state index in [-0.39, 0.29) is 29.1 Å². The fraction of sp³-hybridized carbons (Fsp3) is 0.185. The SMILES string of the molecule is O=[N+]([O-])c1ccc(Nc2nc(N/N=C/c3cccc(Oc4ccc([N+](=O)[O-])cc4[N+](=O)[O-])c3)nc(N3CCCCC3)n2)cc1. The van der Waals surface area contributed by atoms with Gasteiger partial charge in [0.05, 0.1) is 27.1 Å². The number of nitro benzene ring substituents is 3. The summed E-state index contributed by atoms with van der Waals surface area (Å²) < 4.78 is 5.66. The minimum absolute atomic E-state index is 0.0441. The van der Waals surface area contributed by atoms with E-state index in [1.54, 1.807) is 36.4 Å². The Kier molecular flexibility index (Phi) is 8.74. The molecule has 0 unspecified atom stereocenters. The number of hydrazone groups is 1. The van der Waals surface area contributed by atoms with Crippen molar-refractivity contribution in [3.63, 3.8) is 0 Å². The van der Waals surface area contributed by atoms with E-state index in [2.05, 4.69) is 30.8 Å². The molecule has 1 aliphatic rings. The summed E-state index contributed by atoms with van der Waals surface area (Å²) in [6.45, 7) is 1.56. The molecule has 1 saturated heterocycles. The predicted octanol–water partition coefficient (Wildman–Crippen LogP) is 5.57. The maximum absolute atomic E-state index is 11.4. The smallest absolute Gasteiger partial charge is 0.318 e. The molecule has 5 rings (SSSR count). The van der Waals surface area contributed by atoms with Gasteiger partial charge in [0.15, 0.2) is 0 Å². The van der Waals surface area contributed by atoms with Crippen LogP contribution < -0.4 is 20.4 Å². The van der Waals surface area contributed by atoms with Gasteiger partial charge in [0.1, 0.15) is 5.75 Å². The molecule has 3 aromatic carbocycles. The van der Waals surface area contributed by atoms with E-state index in [0.717, 1.165) is 44.5 Å². The van der Waals surface area contributed by atoms with Gasteiger partial charge in [0, 0.05) is 37.0 Å². The molecular weight excluding hydrogens is 576 g/mol.